The number of anilines is 2. The zero-order valence-electron chi connectivity index (χ0n) is 11.0. The third-order valence-corrected chi connectivity index (χ3v) is 4.54. The topological polar surface area (TPSA) is 108 Å². The Morgan fingerprint density at radius 2 is 2.30 bits per heavy atom. The van der Waals surface area contributed by atoms with E-state index in [9.17, 15) is 8.42 Å². The van der Waals surface area contributed by atoms with Gasteiger partial charge in [0.1, 0.15) is 0 Å². The monoisotopic (exact) mass is 296 g/mol. The van der Waals surface area contributed by atoms with Crippen molar-refractivity contribution in [3.05, 3.63) is 18.2 Å². The van der Waals surface area contributed by atoms with Gasteiger partial charge in [0, 0.05) is 6.54 Å². The van der Waals surface area contributed by atoms with E-state index in [0.29, 0.717) is 31.1 Å². The Morgan fingerprint density at radius 1 is 1.55 bits per heavy atom. The van der Waals surface area contributed by atoms with Gasteiger partial charge in [-0.15, -0.1) is 0 Å². The van der Waals surface area contributed by atoms with Gasteiger partial charge in [-0.05, 0) is 25.2 Å². The molecule has 1 unspecified atom stereocenters. The number of ether oxygens (including phenoxy) is 1. The zero-order chi connectivity index (χ0) is 14.8. The van der Waals surface area contributed by atoms with E-state index in [2.05, 4.69) is 10.8 Å². The Kier molecular flexibility index (Phi) is 4.13. The number of nitrogens with two attached hydrogens (primary N) is 1. The van der Waals surface area contributed by atoms with Gasteiger partial charge in [0.15, 0.2) is 6.10 Å². The lowest BCUT2D eigenvalue weighted by molar-refractivity contribution is 0.0765. The van der Waals surface area contributed by atoms with Crippen LogP contribution in [0.4, 0.5) is 11.4 Å². The Balaban J connectivity index is 2.29. The molecule has 108 valence electrons. The minimum absolute atomic E-state index is 0.117. The molecule has 1 heterocycles. The van der Waals surface area contributed by atoms with Crippen molar-refractivity contribution in [2.45, 2.75) is 11.0 Å². The van der Waals surface area contributed by atoms with Gasteiger partial charge in [-0.25, -0.2) is 13.1 Å². The minimum atomic E-state index is -3.51. The molecule has 8 heteroatoms. The van der Waals surface area contributed by atoms with Crippen LogP contribution in [0, 0.1) is 11.3 Å². The first kappa shape index (κ1) is 14.6. The zero-order valence-corrected chi connectivity index (χ0v) is 11.9. The molecule has 0 spiro atoms. The highest BCUT2D eigenvalue weighted by atomic mass is 32.2. The lowest BCUT2D eigenvalue weighted by Gasteiger charge is -2.32. The van der Waals surface area contributed by atoms with Crippen LogP contribution >= 0.6 is 0 Å². The molecule has 0 saturated carbocycles. The molecule has 1 atom stereocenters. The first-order valence-corrected chi connectivity index (χ1v) is 7.55. The number of morpholine rings is 1. The summed E-state index contributed by atoms with van der Waals surface area (Å²) in [6.45, 7) is 1.47. The molecule has 2 rings (SSSR count). The van der Waals surface area contributed by atoms with Crippen LogP contribution in [-0.2, 0) is 14.8 Å². The van der Waals surface area contributed by atoms with E-state index in [0.717, 1.165) is 0 Å². The predicted octanol–water partition coefficient (Wildman–Crippen LogP) is -0.0943. The summed E-state index contributed by atoms with van der Waals surface area (Å²) in [6, 6.07) is 6.62. The molecule has 1 aromatic carbocycles. The van der Waals surface area contributed by atoms with Gasteiger partial charge >= 0.3 is 0 Å². The Hall–Kier alpha value is -1.82. The van der Waals surface area contributed by atoms with E-state index >= 15 is 0 Å². The molecule has 1 saturated heterocycles. The van der Waals surface area contributed by atoms with Crippen LogP contribution in [0.1, 0.15) is 0 Å². The quantitative estimate of drug-likeness (QED) is 0.754. The lowest BCUT2D eigenvalue weighted by Crippen LogP contribution is -2.42. The molecular weight excluding hydrogens is 280 g/mol. The molecule has 0 bridgehead atoms. The van der Waals surface area contributed by atoms with Gasteiger partial charge < -0.3 is 15.4 Å². The smallest absolute Gasteiger partial charge is 0.240 e. The molecule has 3 N–H and O–H groups in total. The fourth-order valence-electron chi connectivity index (χ4n) is 2.05. The maximum absolute atomic E-state index is 11.7. The van der Waals surface area contributed by atoms with E-state index in [4.69, 9.17) is 15.7 Å². The van der Waals surface area contributed by atoms with Crippen LogP contribution in [-0.4, -0.2) is 41.3 Å². The highest BCUT2D eigenvalue weighted by molar-refractivity contribution is 7.89. The largest absolute Gasteiger partial charge is 0.397 e. The number of benzene rings is 1. The highest BCUT2D eigenvalue weighted by Crippen LogP contribution is 2.27. The Morgan fingerprint density at radius 3 is 2.90 bits per heavy atom. The van der Waals surface area contributed by atoms with Gasteiger partial charge in [-0.2, -0.15) is 5.26 Å². The van der Waals surface area contributed by atoms with E-state index < -0.39 is 16.1 Å². The number of nitrogens with zero attached hydrogens (tertiary/aromatic N) is 2. The third kappa shape index (κ3) is 2.85. The highest BCUT2D eigenvalue weighted by Gasteiger charge is 2.22. The summed E-state index contributed by atoms with van der Waals surface area (Å²) in [7, 11) is -2.16. The summed E-state index contributed by atoms with van der Waals surface area (Å²) in [4.78, 5) is 2.04. The molecule has 0 aliphatic carbocycles. The molecule has 7 nitrogen and oxygen atoms in total. The van der Waals surface area contributed by atoms with Crippen LogP contribution in [0.5, 0.6) is 0 Å². The molecule has 1 aliphatic rings. The molecule has 1 aliphatic heterocycles. The van der Waals surface area contributed by atoms with Crippen molar-refractivity contribution in [3.8, 4) is 6.07 Å². The van der Waals surface area contributed by atoms with Crippen molar-refractivity contribution in [2.75, 3.05) is 37.4 Å². The summed E-state index contributed by atoms with van der Waals surface area (Å²) < 4.78 is 30.9. The van der Waals surface area contributed by atoms with Gasteiger partial charge in [-0.1, -0.05) is 0 Å². The van der Waals surface area contributed by atoms with E-state index in [1.165, 1.54) is 19.2 Å². The van der Waals surface area contributed by atoms with E-state index in [-0.39, 0.29) is 4.90 Å². The normalized spacial score (nSPS) is 19.6. The van der Waals surface area contributed by atoms with Crippen molar-refractivity contribution >= 4 is 21.4 Å². The minimum Gasteiger partial charge on any atom is -0.397 e. The van der Waals surface area contributed by atoms with Gasteiger partial charge in [0.25, 0.3) is 0 Å². The van der Waals surface area contributed by atoms with E-state index in [1.807, 2.05) is 4.90 Å². The number of nitrogens with one attached hydrogen (secondary N) is 1. The van der Waals surface area contributed by atoms with Crippen LogP contribution < -0.4 is 15.4 Å². The molecule has 1 aromatic rings. The Bertz CT molecular complexity index is 639. The van der Waals surface area contributed by atoms with Crippen LogP contribution in [0.25, 0.3) is 0 Å². The summed E-state index contributed by atoms with van der Waals surface area (Å²) in [6.07, 6.45) is -0.496. The Labute approximate surface area is 118 Å². The summed E-state index contributed by atoms with van der Waals surface area (Å²) >= 11 is 0. The molecule has 0 aromatic heterocycles. The fourth-order valence-corrected chi connectivity index (χ4v) is 2.82. The lowest BCUT2D eigenvalue weighted by atomic mass is 10.2. The maximum atomic E-state index is 11.7. The van der Waals surface area contributed by atoms with Crippen molar-refractivity contribution in [3.63, 3.8) is 0 Å². The first-order chi connectivity index (χ1) is 9.47. The average molecular weight is 296 g/mol. The second kappa shape index (κ2) is 5.66. The molecule has 0 amide bonds. The average Bonchev–Trinajstić information content (AvgIpc) is 2.47. The SMILES string of the molecule is CNS(=O)(=O)c1ccc(N2CCOC(C#N)C2)c(N)c1. The number of sulfonamides is 1. The summed E-state index contributed by atoms with van der Waals surface area (Å²) in [5, 5.41) is 8.89. The van der Waals surface area contributed by atoms with Crippen molar-refractivity contribution in [1.82, 2.24) is 4.72 Å². The van der Waals surface area contributed by atoms with Crippen LogP contribution in [0.3, 0.4) is 0 Å². The number of hydrogen-bond acceptors (Lipinski definition) is 6. The number of hydrogen-bond donors (Lipinski definition) is 2. The second-order valence-electron chi connectivity index (χ2n) is 4.36. The van der Waals surface area contributed by atoms with Crippen LogP contribution in [0.2, 0.25) is 0 Å². The maximum Gasteiger partial charge on any atom is 0.240 e. The number of rotatable bonds is 3. The van der Waals surface area contributed by atoms with Gasteiger partial charge in [0.2, 0.25) is 10.0 Å². The standard InChI is InChI=1S/C12H16N4O3S/c1-15-20(17,18)10-2-3-12(11(14)6-10)16-4-5-19-9(7-13)8-16/h2-3,6,9,15H,4-5,8,14H2,1H3. The van der Waals surface area contributed by atoms with Gasteiger partial charge in [0.05, 0.1) is 35.5 Å². The van der Waals surface area contributed by atoms with Crippen LogP contribution in [0.15, 0.2) is 23.1 Å². The van der Waals surface area contributed by atoms with E-state index in [1.54, 1.807) is 6.07 Å². The third-order valence-electron chi connectivity index (χ3n) is 3.13. The number of nitrogen functional groups attached to an aromatic ring is 1. The molecule has 20 heavy (non-hydrogen) atoms. The van der Waals surface area contributed by atoms with Crippen molar-refractivity contribution in [2.24, 2.45) is 0 Å². The summed E-state index contributed by atoms with van der Waals surface area (Å²) in [5.41, 5.74) is 7.01. The fraction of sp³-hybridized carbons (Fsp3) is 0.417. The first-order valence-electron chi connectivity index (χ1n) is 6.07. The molecule has 1 fully saturated rings. The van der Waals surface area contributed by atoms with Crippen molar-refractivity contribution in [1.29, 1.82) is 5.26 Å². The predicted molar refractivity (Wildman–Crippen MR) is 74.7 cm³/mol. The second-order valence-corrected chi connectivity index (χ2v) is 6.25. The number of nitriles is 1. The van der Waals surface area contributed by atoms with Crippen molar-refractivity contribution < 1.29 is 13.2 Å². The van der Waals surface area contributed by atoms with Gasteiger partial charge in [-0.3, -0.25) is 0 Å². The molecular formula is C12H16N4O3S. The summed E-state index contributed by atoms with van der Waals surface area (Å²) in [5.74, 6) is 0. The molecule has 0 radical (unpaired) electrons.